The molecule has 0 fully saturated rings. The maximum Gasteiger partial charge on any atom is 0.264 e. The number of Topliss-reactive ketones (excluding diaryl/α,β-unsaturated/α-hetero) is 1. The van der Waals surface area contributed by atoms with Crippen LogP contribution < -0.4 is 4.90 Å². The number of amides is 1. The summed E-state index contributed by atoms with van der Waals surface area (Å²) in [5.74, 6) is -0.710. The van der Waals surface area contributed by atoms with Gasteiger partial charge in [0.15, 0.2) is 11.4 Å². The van der Waals surface area contributed by atoms with E-state index in [1.165, 1.54) is 11.3 Å². The number of thiophene rings is 1. The third-order valence-electron chi connectivity index (χ3n) is 4.69. The number of fused-ring (bicyclic) bond motifs is 1. The fourth-order valence-electron chi connectivity index (χ4n) is 3.37. The number of ketones is 1. The highest BCUT2D eigenvalue weighted by molar-refractivity contribution is 9.10. The summed E-state index contributed by atoms with van der Waals surface area (Å²) in [4.78, 5) is 27.9. The summed E-state index contributed by atoms with van der Waals surface area (Å²) in [6, 6.07) is 18.4. The highest BCUT2D eigenvalue weighted by Crippen LogP contribution is 2.44. The van der Waals surface area contributed by atoms with Crippen LogP contribution in [0.1, 0.15) is 27.2 Å². The van der Waals surface area contributed by atoms with Crippen LogP contribution in [0.2, 0.25) is 0 Å². The average Bonchev–Trinajstić information content (AvgIpc) is 3.26. The molecule has 27 heavy (non-hydrogen) atoms. The Kier molecular flexibility index (Phi) is 4.72. The van der Waals surface area contributed by atoms with Crippen LogP contribution in [0.5, 0.6) is 0 Å². The van der Waals surface area contributed by atoms with Crippen molar-refractivity contribution in [3.8, 4) is 0 Å². The number of benzene rings is 2. The summed E-state index contributed by atoms with van der Waals surface area (Å²) in [5.41, 5.74) is 0.180. The zero-order chi connectivity index (χ0) is 19.0. The van der Waals surface area contributed by atoms with Gasteiger partial charge in [0.05, 0.1) is 23.5 Å². The first-order chi connectivity index (χ1) is 13.0. The van der Waals surface area contributed by atoms with Gasteiger partial charge in [-0.2, -0.15) is 0 Å². The van der Waals surface area contributed by atoms with Gasteiger partial charge in [-0.05, 0) is 35.2 Å². The quantitative estimate of drug-likeness (QED) is 0.592. The Morgan fingerprint density at radius 3 is 2.59 bits per heavy atom. The van der Waals surface area contributed by atoms with Crippen LogP contribution in [0.4, 0.5) is 5.69 Å². The number of halogens is 1. The summed E-state index contributed by atoms with van der Waals surface area (Å²) in [6.07, 6.45) is -0.277. The second-order valence-corrected chi connectivity index (χ2v) is 8.34. The third-order valence-corrected chi connectivity index (χ3v) is 6.09. The van der Waals surface area contributed by atoms with Gasteiger partial charge in [0.1, 0.15) is 0 Å². The molecule has 0 saturated carbocycles. The predicted octanol–water partition coefficient (Wildman–Crippen LogP) is 4.52. The minimum atomic E-state index is -1.87. The van der Waals surface area contributed by atoms with E-state index >= 15 is 0 Å². The first kappa shape index (κ1) is 18.1. The Morgan fingerprint density at radius 1 is 1.11 bits per heavy atom. The zero-order valence-corrected chi connectivity index (χ0v) is 16.7. The molecular weight excluding hydrogens is 426 g/mol. The van der Waals surface area contributed by atoms with Crippen LogP contribution in [0.25, 0.3) is 0 Å². The molecule has 0 radical (unpaired) electrons. The van der Waals surface area contributed by atoms with E-state index in [1.807, 2.05) is 36.4 Å². The summed E-state index contributed by atoms with van der Waals surface area (Å²) < 4.78 is 0.748. The second kappa shape index (κ2) is 7.03. The van der Waals surface area contributed by atoms with E-state index in [1.54, 1.807) is 34.5 Å². The van der Waals surface area contributed by atoms with Crippen LogP contribution in [0, 0.1) is 0 Å². The molecule has 4 nitrogen and oxygen atoms in total. The molecule has 1 aromatic heterocycles. The molecule has 0 spiro atoms. The van der Waals surface area contributed by atoms with E-state index in [2.05, 4.69) is 15.9 Å². The number of carbonyl (C=O) groups is 2. The standard InChI is InChI=1S/C21H16BrNO3S/c22-15-8-9-17-16(11-15)21(26,12-18(24)19-7-4-10-27-19)20(25)23(17)13-14-5-2-1-3-6-14/h1-11,26H,12-13H2/t21-/m0/s1. The van der Waals surface area contributed by atoms with E-state index in [-0.39, 0.29) is 12.2 Å². The fraction of sp³-hybridized carbons (Fsp3) is 0.143. The molecule has 1 aliphatic heterocycles. The summed E-state index contributed by atoms with van der Waals surface area (Å²) in [6.45, 7) is 0.337. The molecule has 1 N–H and O–H groups in total. The largest absolute Gasteiger partial charge is 0.375 e. The molecule has 4 rings (SSSR count). The van der Waals surface area contributed by atoms with E-state index in [9.17, 15) is 14.7 Å². The third kappa shape index (κ3) is 3.25. The minimum absolute atomic E-state index is 0.242. The van der Waals surface area contributed by atoms with Crippen LogP contribution >= 0.6 is 27.3 Å². The first-order valence-electron chi connectivity index (χ1n) is 8.44. The molecule has 0 saturated heterocycles. The second-order valence-electron chi connectivity index (χ2n) is 6.48. The number of rotatable bonds is 5. The number of aliphatic hydroxyl groups is 1. The smallest absolute Gasteiger partial charge is 0.264 e. The molecule has 6 heteroatoms. The van der Waals surface area contributed by atoms with Crippen molar-refractivity contribution in [1.82, 2.24) is 0 Å². The Bertz CT molecular complexity index is 1000. The van der Waals surface area contributed by atoms with Gasteiger partial charge >= 0.3 is 0 Å². The number of hydrogen-bond donors (Lipinski definition) is 1. The molecule has 1 atom stereocenters. The summed E-state index contributed by atoms with van der Waals surface area (Å²) in [7, 11) is 0. The van der Waals surface area contributed by atoms with Gasteiger partial charge in [0, 0.05) is 10.0 Å². The average molecular weight is 442 g/mol. The van der Waals surface area contributed by atoms with Gasteiger partial charge in [-0.3, -0.25) is 9.59 Å². The van der Waals surface area contributed by atoms with Crippen molar-refractivity contribution in [2.45, 2.75) is 18.6 Å². The normalized spacial score (nSPS) is 18.6. The Morgan fingerprint density at radius 2 is 1.89 bits per heavy atom. The molecule has 0 aliphatic carbocycles. The van der Waals surface area contributed by atoms with Gasteiger partial charge in [-0.1, -0.05) is 52.3 Å². The van der Waals surface area contributed by atoms with Gasteiger partial charge in [-0.15, -0.1) is 11.3 Å². The van der Waals surface area contributed by atoms with Crippen molar-refractivity contribution < 1.29 is 14.7 Å². The van der Waals surface area contributed by atoms with Crippen molar-refractivity contribution >= 4 is 44.6 Å². The lowest BCUT2D eigenvalue weighted by molar-refractivity contribution is -0.136. The van der Waals surface area contributed by atoms with Crippen molar-refractivity contribution in [3.63, 3.8) is 0 Å². The molecule has 2 heterocycles. The number of anilines is 1. The highest BCUT2D eigenvalue weighted by Gasteiger charge is 2.51. The van der Waals surface area contributed by atoms with Gasteiger partial charge < -0.3 is 10.0 Å². The molecule has 136 valence electrons. The van der Waals surface area contributed by atoms with Crippen molar-refractivity contribution in [1.29, 1.82) is 0 Å². The number of hydrogen-bond acceptors (Lipinski definition) is 4. The number of carbonyl (C=O) groups excluding carboxylic acids is 2. The molecule has 1 aliphatic rings. The maximum absolute atomic E-state index is 13.2. The van der Waals surface area contributed by atoms with Gasteiger partial charge in [-0.25, -0.2) is 0 Å². The van der Waals surface area contributed by atoms with Crippen molar-refractivity contribution in [3.05, 3.63) is 86.5 Å². The molecule has 0 bridgehead atoms. The Hall–Kier alpha value is -2.28. The zero-order valence-electron chi connectivity index (χ0n) is 14.3. The Labute approximate surface area is 169 Å². The van der Waals surface area contributed by atoms with Crippen molar-refractivity contribution in [2.75, 3.05) is 4.90 Å². The molecule has 1 amide bonds. The monoisotopic (exact) mass is 441 g/mol. The molecule has 0 unspecified atom stereocenters. The highest BCUT2D eigenvalue weighted by atomic mass is 79.9. The molecule has 2 aromatic carbocycles. The lowest BCUT2D eigenvalue weighted by atomic mass is 9.89. The lowest BCUT2D eigenvalue weighted by Gasteiger charge is -2.22. The van der Waals surface area contributed by atoms with Crippen LogP contribution in [-0.2, 0) is 16.9 Å². The first-order valence-corrected chi connectivity index (χ1v) is 10.1. The van der Waals surface area contributed by atoms with E-state index < -0.39 is 11.5 Å². The molecule has 3 aromatic rings. The molecular formula is C21H16BrNO3S. The van der Waals surface area contributed by atoms with Gasteiger partial charge in [0.2, 0.25) is 0 Å². The van der Waals surface area contributed by atoms with Crippen molar-refractivity contribution in [2.24, 2.45) is 0 Å². The Balaban J connectivity index is 1.73. The van der Waals surface area contributed by atoms with E-state index in [0.29, 0.717) is 22.7 Å². The SMILES string of the molecule is O=C(C[C@@]1(O)C(=O)N(Cc2ccccc2)c2ccc(Br)cc21)c1cccs1. The summed E-state index contributed by atoms with van der Waals surface area (Å²) >= 11 is 4.71. The lowest BCUT2D eigenvalue weighted by Crippen LogP contribution is -2.41. The van der Waals surface area contributed by atoms with Crippen LogP contribution in [0.3, 0.4) is 0 Å². The topological polar surface area (TPSA) is 57.6 Å². The van der Waals surface area contributed by atoms with E-state index in [4.69, 9.17) is 0 Å². The maximum atomic E-state index is 13.2. The predicted molar refractivity (Wildman–Crippen MR) is 109 cm³/mol. The number of nitrogens with zero attached hydrogens (tertiary/aromatic N) is 1. The van der Waals surface area contributed by atoms with E-state index in [0.717, 1.165) is 10.0 Å². The summed E-state index contributed by atoms with van der Waals surface area (Å²) in [5, 5.41) is 13.1. The minimum Gasteiger partial charge on any atom is -0.375 e. The van der Waals surface area contributed by atoms with Crippen LogP contribution in [0.15, 0.2) is 70.5 Å². The fourth-order valence-corrected chi connectivity index (χ4v) is 4.40. The van der Waals surface area contributed by atoms with Gasteiger partial charge in [0.25, 0.3) is 5.91 Å². The van der Waals surface area contributed by atoms with Crippen LogP contribution in [-0.4, -0.2) is 16.8 Å².